The van der Waals surface area contributed by atoms with Gasteiger partial charge in [0.1, 0.15) is 0 Å². The molecule has 0 saturated heterocycles. The highest BCUT2D eigenvalue weighted by Gasteiger charge is 2.34. The molecular formula is C28H40ClF3N4. The van der Waals surface area contributed by atoms with Crippen LogP contribution in [0.2, 0.25) is 5.02 Å². The number of alkyl halides is 3. The molecule has 0 amide bonds. The lowest BCUT2D eigenvalue weighted by atomic mass is 9.82. The Morgan fingerprint density at radius 2 is 1.75 bits per heavy atom. The van der Waals surface area contributed by atoms with Crippen LogP contribution in [-0.4, -0.2) is 11.8 Å². The summed E-state index contributed by atoms with van der Waals surface area (Å²) in [5.74, 6) is -0.319. The smallest absolute Gasteiger partial charge is 0.401 e. The third-order valence-corrected chi connectivity index (χ3v) is 6.46. The van der Waals surface area contributed by atoms with Gasteiger partial charge in [-0.2, -0.15) is 13.2 Å². The molecule has 0 radical (unpaired) electrons. The molecule has 1 rings (SSSR count). The lowest BCUT2D eigenvalue weighted by Crippen LogP contribution is -2.39. The zero-order valence-electron chi connectivity index (χ0n) is 22.2. The Hall–Kier alpha value is -2.67. The molecule has 8 heteroatoms. The molecule has 0 spiro atoms. The van der Waals surface area contributed by atoms with E-state index in [4.69, 9.17) is 23.1 Å². The minimum atomic E-state index is -4.59. The topological polar surface area (TPSA) is 76.4 Å². The van der Waals surface area contributed by atoms with Crippen LogP contribution in [0.15, 0.2) is 70.2 Å². The molecule has 0 saturated carbocycles. The van der Waals surface area contributed by atoms with Crippen LogP contribution in [0, 0.1) is 5.92 Å². The average Bonchev–Trinajstić information content (AvgIpc) is 2.81. The Bertz CT molecular complexity index is 1040. The molecule has 0 aliphatic rings. The van der Waals surface area contributed by atoms with Gasteiger partial charge in [0.15, 0.2) is 0 Å². The van der Waals surface area contributed by atoms with Gasteiger partial charge in [-0.15, -0.1) is 0 Å². The first kappa shape index (κ1) is 31.4. The molecular weight excluding hydrogens is 485 g/mol. The number of aliphatic imine (C=N–C) groups is 1. The SMILES string of the molecule is C=C(C)C(N)=CC(=Nc1cc(Cl)ccc1C(F)(F)F)C(CC)C(N/C=C(\N)CC)/C(CC)=C(\C)CC. The van der Waals surface area contributed by atoms with Gasteiger partial charge >= 0.3 is 6.18 Å². The Morgan fingerprint density at radius 3 is 2.22 bits per heavy atom. The lowest BCUT2D eigenvalue weighted by molar-refractivity contribution is -0.137. The monoisotopic (exact) mass is 524 g/mol. The summed E-state index contributed by atoms with van der Waals surface area (Å²) >= 11 is 6.08. The van der Waals surface area contributed by atoms with E-state index in [1.807, 2.05) is 13.8 Å². The molecule has 2 unspecified atom stereocenters. The fourth-order valence-corrected chi connectivity index (χ4v) is 4.04. The second-order valence-electron chi connectivity index (χ2n) is 8.82. The lowest BCUT2D eigenvalue weighted by Gasteiger charge is -2.31. The maximum Gasteiger partial charge on any atom is 0.418 e. The molecule has 0 bridgehead atoms. The normalized spacial score (nSPS) is 15.9. The van der Waals surface area contributed by atoms with Gasteiger partial charge < -0.3 is 16.8 Å². The highest BCUT2D eigenvalue weighted by molar-refractivity contribution is 6.30. The molecule has 36 heavy (non-hydrogen) atoms. The summed E-state index contributed by atoms with van der Waals surface area (Å²) in [5.41, 5.74) is 15.6. The molecule has 200 valence electrons. The van der Waals surface area contributed by atoms with Gasteiger partial charge in [-0.3, -0.25) is 4.99 Å². The zero-order chi connectivity index (χ0) is 27.6. The van der Waals surface area contributed by atoms with Gasteiger partial charge in [-0.25, -0.2) is 0 Å². The maximum atomic E-state index is 13.8. The highest BCUT2D eigenvalue weighted by Crippen LogP contribution is 2.38. The summed E-state index contributed by atoms with van der Waals surface area (Å²) in [6.07, 6.45) is 1.64. The van der Waals surface area contributed by atoms with Crippen LogP contribution in [0.25, 0.3) is 0 Å². The predicted octanol–water partition coefficient (Wildman–Crippen LogP) is 8.18. The fourth-order valence-electron chi connectivity index (χ4n) is 3.87. The van der Waals surface area contributed by atoms with Crippen LogP contribution in [0.4, 0.5) is 18.9 Å². The van der Waals surface area contributed by atoms with E-state index in [-0.39, 0.29) is 22.7 Å². The second-order valence-corrected chi connectivity index (χ2v) is 9.26. The first-order valence-electron chi connectivity index (χ1n) is 12.3. The van der Waals surface area contributed by atoms with Crippen molar-refractivity contribution >= 4 is 23.0 Å². The number of nitrogens with zero attached hydrogens (tertiary/aromatic N) is 1. The molecule has 4 nitrogen and oxygen atoms in total. The van der Waals surface area contributed by atoms with Gasteiger partial charge in [0.05, 0.1) is 17.3 Å². The molecule has 0 aliphatic heterocycles. The van der Waals surface area contributed by atoms with Crippen molar-refractivity contribution in [3.05, 3.63) is 75.8 Å². The molecule has 2 atom stereocenters. The van der Waals surface area contributed by atoms with E-state index >= 15 is 0 Å². The second kappa shape index (κ2) is 14.2. The maximum absolute atomic E-state index is 13.8. The quantitative estimate of drug-likeness (QED) is 0.146. The molecule has 1 aromatic carbocycles. The van der Waals surface area contributed by atoms with E-state index in [9.17, 15) is 13.2 Å². The van der Waals surface area contributed by atoms with Crippen LogP contribution in [0.3, 0.4) is 0 Å². The van der Waals surface area contributed by atoms with Crippen molar-refractivity contribution in [3.8, 4) is 0 Å². The molecule has 5 N–H and O–H groups in total. The van der Waals surface area contributed by atoms with Gasteiger partial charge in [0.2, 0.25) is 0 Å². The zero-order valence-corrected chi connectivity index (χ0v) is 22.9. The standard InChI is InChI=1S/C28H40ClF3N4/c1-8-18(7)21(10-3)27(35-16-20(33)9-2)22(11-4)25(15-24(34)17(5)6)36-26-14-19(29)12-13-23(26)28(30,31)32/h12-16,22,27,35H,5,8-11,33-34H2,1-4,6-7H3/b20-16-,21-18+,24-15?,36-25?. The van der Waals surface area contributed by atoms with Gasteiger partial charge in [0, 0.05) is 34.2 Å². The Balaban J connectivity index is 3.98. The third-order valence-electron chi connectivity index (χ3n) is 6.22. The summed E-state index contributed by atoms with van der Waals surface area (Å²) in [5, 5.41) is 3.61. The Morgan fingerprint density at radius 1 is 1.11 bits per heavy atom. The van der Waals surface area contributed by atoms with Crippen LogP contribution >= 0.6 is 11.6 Å². The van der Waals surface area contributed by atoms with E-state index in [2.05, 4.69) is 37.7 Å². The van der Waals surface area contributed by atoms with Crippen molar-refractivity contribution in [1.29, 1.82) is 0 Å². The van der Waals surface area contributed by atoms with Crippen LogP contribution in [0.1, 0.15) is 72.8 Å². The van der Waals surface area contributed by atoms with E-state index in [0.717, 1.165) is 24.5 Å². The van der Waals surface area contributed by atoms with Crippen molar-refractivity contribution in [2.45, 2.75) is 79.4 Å². The predicted molar refractivity (Wildman–Crippen MR) is 147 cm³/mol. The fraction of sp³-hybridized carbons (Fsp3) is 0.464. The van der Waals surface area contributed by atoms with Crippen molar-refractivity contribution in [2.24, 2.45) is 22.4 Å². The van der Waals surface area contributed by atoms with E-state index < -0.39 is 11.7 Å². The number of halogens is 4. The number of hydrogen-bond donors (Lipinski definition) is 3. The summed E-state index contributed by atoms with van der Waals surface area (Å²) < 4.78 is 41.5. The summed E-state index contributed by atoms with van der Waals surface area (Å²) in [7, 11) is 0. The third kappa shape index (κ3) is 8.77. The summed E-state index contributed by atoms with van der Waals surface area (Å²) in [6.45, 7) is 15.8. The largest absolute Gasteiger partial charge is 0.418 e. The van der Waals surface area contributed by atoms with Gasteiger partial charge in [-0.1, -0.05) is 51.4 Å². The number of hydrogen-bond acceptors (Lipinski definition) is 4. The van der Waals surface area contributed by atoms with Crippen LogP contribution in [-0.2, 0) is 6.18 Å². The first-order valence-corrected chi connectivity index (χ1v) is 12.7. The van der Waals surface area contributed by atoms with Crippen molar-refractivity contribution in [1.82, 2.24) is 5.32 Å². The number of nitrogens with two attached hydrogens (primary N) is 2. The average molecular weight is 525 g/mol. The minimum Gasteiger partial charge on any atom is -0.401 e. The van der Waals surface area contributed by atoms with Crippen molar-refractivity contribution < 1.29 is 13.2 Å². The first-order chi connectivity index (χ1) is 16.8. The van der Waals surface area contributed by atoms with E-state index in [1.54, 1.807) is 19.2 Å². The van der Waals surface area contributed by atoms with Gasteiger partial charge in [0.25, 0.3) is 0 Å². The molecule has 0 aliphatic carbocycles. The van der Waals surface area contributed by atoms with Crippen molar-refractivity contribution in [3.63, 3.8) is 0 Å². The van der Waals surface area contributed by atoms with Crippen LogP contribution < -0.4 is 16.8 Å². The molecule has 0 fully saturated rings. The number of benzene rings is 1. The number of nitrogens with one attached hydrogen (secondary N) is 1. The highest BCUT2D eigenvalue weighted by atomic mass is 35.5. The molecule has 0 aromatic heterocycles. The molecule has 0 heterocycles. The van der Waals surface area contributed by atoms with Crippen molar-refractivity contribution in [2.75, 3.05) is 0 Å². The Labute approximate surface area is 219 Å². The summed E-state index contributed by atoms with van der Waals surface area (Å²) in [6, 6.07) is 3.13. The van der Waals surface area contributed by atoms with E-state index in [1.165, 1.54) is 17.7 Å². The van der Waals surface area contributed by atoms with Crippen LogP contribution in [0.5, 0.6) is 0 Å². The summed E-state index contributed by atoms with van der Waals surface area (Å²) in [4.78, 5) is 4.55. The Kier molecular flexibility index (Phi) is 12.3. The minimum absolute atomic E-state index is 0.162. The number of rotatable bonds is 12. The number of allylic oxidation sites excluding steroid dienone is 4. The van der Waals surface area contributed by atoms with E-state index in [0.29, 0.717) is 35.5 Å². The molecule has 1 aromatic rings. The van der Waals surface area contributed by atoms with Gasteiger partial charge in [-0.05, 0) is 75.0 Å².